The van der Waals surface area contributed by atoms with Crippen LogP contribution >= 0.6 is 24.0 Å². The number of piperidine rings is 1. The molecule has 1 fully saturated rings. The number of nitrogens with one attached hydrogen (secondary N) is 1. The van der Waals surface area contributed by atoms with Gasteiger partial charge in [0.2, 0.25) is 0 Å². The Labute approximate surface area is 181 Å². The maximum absolute atomic E-state index is 12.3. The van der Waals surface area contributed by atoms with E-state index >= 15 is 0 Å². The Bertz CT molecular complexity index is 647. The van der Waals surface area contributed by atoms with Crippen molar-refractivity contribution < 1.29 is 23.0 Å². The SMILES string of the molecule is CCOC(=O)C1CCCN(C(=NC)NCc2cccc(OCC(F)F)c2)C1.I. The van der Waals surface area contributed by atoms with Gasteiger partial charge in [-0.2, -0.15) is 0 Å². The summed E-state index contributed by atoms with van der Waals surface area (Å²) in [6.45, 7) is 3.41. The first-order valence-electron chi connectivity index (χ1n) is 9.15. The summed E-state index contributed by atoms with van der Waals surface area (Å²) in [5, 5.41) is 3.26. The van der Waals surface area contributed by atoms with E-state index in [9.17, 15) is 13.6 Å². The largest absolute Gasteiger partial charge is 0.488 e. The minimum Gasteiger partial charge on any atom is -0.488 e. The van der Waals surface area contributed by atoms with E-state index in [0.29, 0.717) is 31.4 Å². The molecular formula is C19H28F2IN3O3. The van der Waals surface area contributed by atoms with E-state index in [2.05, 4.69) is 10.3 Å². The number of carbonyl (C=O) groups excluding carboxylic acids is 1. The van der Waals surface area contributed by atoms with Gasteiger partial charge in [0, 0.05) is 26.7 Å². The molecule has 0 amide bonds. The van der Waals surface area contributed by atoms with E-state index in [1.807, 2.05) is 11.0 Å². The average molecular weight is 511 g/mol. The number of nitrogens with zero attached hydrogens (tertiary/aromatic N) is 2. The van der Waals surface area contributed by atoms with Crippen LogP contribution in [0, 0.1) is 5.92 Å². The lowest BCUT2D eigenvalue weighted by atomic mass is 9.98. The Balaban J connectivity index is 0.00000392. The summed E-state index contributed by atoms with van der Waals surface area (Å²) in [6.07, 6.45) is -0.797. The fraction of sp³-hybridized carbons (Fsp3) is 0.579. The van der Waals surface area contributed by atoms with Crippen LogP contribution in [-0.2, 0) is 16.1 Å². The van der Waals surface area contributed by atoms with Crippen molar-refractivity contribution in [1.82, 2.24) is 10.2 Å². The zero-order valence-electron chi connectivity index (χ0n) is 16.2. The van der Waals surface area contributed by atoms with Crippen LogP contribution in [0.3, 0.4) is 0 Å². The second kappa shape index (κ2) is 12.7. The van der Waals surface area contributed by atoms with Crippen molar-refractivity contribution in [3.8, 4) is 5.75 Å². The summed E-state index contributed by atoms with van der Waals surface area (Å²) in [4.78, 5) is 18.3. The molecule has 1 aliphatic rings. The molecule has 1 atom stereocenters. The van der Waals surface area contributed by atoms with E-state index < -0.39 is 13.0 Å². The molecule has 0 aliphatic carbocycles. The van der Waals surface area contributed by atoms with Crippen molar-refractivity contribution in [2.45, 2.75) is 32.7 Å². The Morgan fingerprint density at radius 1 is 1.43 bits per heavy atom. The summed E-state index contributed by atoms with van der Waals surface area (Å²) in [7, 11) is 1.69. The smallest absolute Gasteiger partial charge is 0.310 e. The van der Waals surface area contributed by atoms with Crippen molar-refractivity contribution in [3.63, 3.8) is 0 Å². The van der Waals surface area contributed by atoms with Crippen LogP contribution in [0.5, 0.6) is 5.75 Å². The number of hydrogen-bond acceptors (Lipinski definition) is 4. The summed E-state index contributed by atoms with van der Waals surface area (Å²) in [5.41, 5.74) is 0.891. The molecule has 0 radical (unpaired) electrons. The van der Waals surface area contributed by atoms with Crippen LogP contribution in [0.25, 0.3) is 0 Å². The van der Waals surface area contributed by atoms with Gasteiger partial charge in [0.25, 0.3) is 6.43 Å². The number of ether oxygens (including phenoxy) is 2. The zero-order valence-corrected chi connectivity index (χ0v) is 18.5. The monoisotopic (exact) mass is 511 g/mol. The highest BCUT2D eigenvalue weighted by Crippen LogP contribution is 2.18. The number of benzene rings is 1. The third kappa shape index (κ3) is 7.76. The quantitative estimate of drug-likeness (QED) is 0.264. The minimum atomic E-state index is -2.50. The highest BCUT2D eigenvalue weighted by atomic mass is 127. The van der Waals surface area contributed by atoms with Gasteiger partial charge in [-0.1, -0.05) is 12.1 Å². The van der Waals surface area contributed by atoms with Gasteiger partial charge in [-0.3, -0.25) is 9.79 Å². The van der Waals surface area contributed by atoms with Crippen molar-refractivity contribution in [2.75, 3.05) is 33.4 Å². The molecular weight excluding hydrogens is 483 g/mol. The molecule has 1 aromatic carbocycles. The summed E-state index contributed by atoms with van der Waals surface area (Å²) >= 11 is 0. The van der Waals surface area contributed by atoms with Gasteiger partial charge >= 0.3 is 5.97 Å². The van der Waals surface area contributed by atoms with Crippen LogP contribution in [0.4, 0.5) is 8.78 Å². The molecule has 28 heavy (non-hydrogen) atoms. The maximum atomic E-state index is 12.3. The Morgan fingerprint density at radius 2 is 2.21 bits per heavy atom. The van der Waals surface area contributed by atoms with Crippen molar-refractivity contribution in [3.05, 3.63) is 29.8 Å². The summed E-state index contributed by atoms with van der Waals surface area (Å²) in [5.74, 6) is 0.790. The number of halogens is 3. The molecule has 2 rings (SSSR count). The fourth-order valence-electron chi connectivity index (χ4n) is 3.04. The standard InChI is InChI=1S/C19H27F2N3O3.HI/c1-3-26-18(25)15-7-5-9-24(12-15)19(22-2)23-11-14-6-4-8-16(10-14)27-13-17(20)21;/h4,6,8,10,15,17H,3,5,7,9,11-13H2,1-2H3,(H,22,23);1H. The van der Waals surface area contributed by atoms with Crippen LogP contribution in [0.15, 0.2) is 29.3 Å². The number of rotatable bonds is 7. The lowest BCUT2D eigenvalue weighted by Gasteiger charge is -2.34. The number of hydrogen-bond donors (Lipinski definition) is 1. The van der Waals surface area contributed by atoms with Crippen LogP contribution in [0.2, 0.25) is 0 Å². The molecule has 0 bridgehead atoms. The van der Waals surface area contributed by atoms with Crippen LogP contribution in [-0.4, -0.2) is 56.6 Å². The first-order chi connectivity index (χ1) is 13.0. The Hall–Kier alpha value is -1.65. The Kier molecular flexibility index (Phi) is 11.1. The number of carbonyl (C=O) groups is 1. The van der Waals surface area contributed by atoms with E-state index in [-0.39, 0.29) is 35.9 Å². The van der Waals surface area contributed by atoms with E-state index in [4.69, 9.17) is 9.47 Å². The third-order valence-electron chi connectivity index (χ3n) is 4.28. The first-order valence-corrected chi connectivity index (χ1v) is 9.15. The summed E-state index contributed by atoms with van der Waals surface area (Å²) < 4.78 is 34.7. The number of alkyl halides is 2. The van der Waals surface area contributed by atoms with Gasteiger partial charge in [-0.15, -0.1) is 24.0 Å². The van der Waals surface area contributed by atoms with Gasteiger partial charge in [-0.25, -0.2) is 8.78 Å². The van der Waals surface area contributed by atoms with Gasteiger partial charge in [0.05, 0.1) is 12.5 Å². The molecule has 0 aromatic heterocycles. The number of guanidine groups is 1. The minimum absolute atomic E-state index is 0. The predicted molar refractivity (Wildman–Crippen MR) is 114 cm³/mol. The second-order valence-corrected chi connectivity index (χ2v) is 6.29. The molecule has 1 saturated heterocycles. The van der Waals surface area contributed by atoms with Crippen LogP contribution < -0.4 is 10.1 Å². The lowest BCUT2D eigenvalue weighted by Crippen LogP contribution is -2.48. The molecule has 1 heterocycles. The lowest BCUT2D eigenvalue weighted by molar-refractivity contribution is -0.149. The van der Waals surface area contributed by atoms with Crippen molar-refractivity contribution >= 4 is 35.9 Å². The average Bonchev–Trinajstić information content (AvgIpc) is 2.67. The van der Waals surface area contributed by atoms with Gasteiger partial charge in [0.1, 0.15) is 12.4 Å². The topological polar surface area (TPSA) is 63.2 Å². The molecule has 0 spiro atoms. The third-order valence-corrected chi connectivity index (χ3v) is 4.28. The molecule has 1 unspecified atom stereocenters. The summed E-state index contributed by atoms with van der Waals surface area (Å²) in [6, 6.07) is 7.01. The Morgan fingerprint density at radius 3 is 2.89 bits per heavy atom. The maximum Gasteiger partial charge on any atom is 0.310 e. The molecule has 1 aromatic rings. The van der Waals surface area contributed by atoms with E-state index in [0.717, 1.165) is 24.9 Å². The molecule has 1 N–H and O–H groups in total. The number of aliphatic imine (C=N–C) groups is 1. The van der Waals surface area contributed by atoms with E-state index in [1.54, 1.807) is 32.2 Å². The first kappa shape index (κ1) is 24.4. The van der Waals surface area contributed by atoms with Crippen molar-refractivity contribution in [2.24, 2.45) is 10.9 Å². The molecule has 158 valence electrons. The highest BCUT2D eigenvalue weighted by Gasteiger charge is 2.28. The second-order valence-electron chi connectivity index (χ2n) is 6.29. The van der Waals surface area contributed by atoms with Gasteiger partial charge in [-0.05, 0) is 37.5 Å². The van der Waals surface area contributed by atoms with E-state index in [1.165, 1.54) is 0 Å². The van der Waals surface area contributed by atoms with Gasteiger partial charge in [0.15, 0.2) is 5.96 Å². The molecule has 6 nitrogen and oxygen atoms in total. The number of esters is 1. The molecule has 9 heteroatoms. The van der Waals surface area contributed by atoms with Gasteiger partial charge < -0.3 is 19.7 Å². The van der Waals surface area contributed by atoms with Crippen molar-refractivity contribution in [1.29, 1.82) is 0 Å². The van der Waals surface area contributed by atoms with Crippen LogP contribution in [0.1, 0.15) is 25.3 Å². The predicted octanol–water partition coefficient (Wildman–Crippen LogP) is 3.30. The molecule has 1 aliphatic heterocycles. The fourth-order valence-corrected chi connectivity index (χ4v) is 3.04. The normalized spacial score (nSPS) is 17.1. The highest BCUT2D eigenvalue weighted by molar-refractivity contribution is 14.0. The number of likely N-dealkylation sites (tertiary alicyclic amines) is 1. The zero-order chi connectivity index (χ0) is 19.6. The molecule has 0 saturated carbocycles.